The fraction of sp³-hybridized carbons (Fsp3) is 0.364. The van der Waals surface area contributed by atoms with Gasteiger partial charge in [-0.05, 0) is 76.2 Å². The van der Waals surface area contributed by atoms with Crippen LogP contribution in [0.4, 0.5) is 5.82 Å². The molecular weight excluding hydrogens is 582 g/mol. The van der Waals surface area contributed by atoms with E-state index in [1.165, 1.54) is 0 Å². The lowest BCUT2D eigenvalue weighted by atomic mass is 9.91. The van der Waals surface area contributed by atoms with Gasteiger partial charge in [0.15, 0.2) is 11.9 Å². The van der Waals surface area contributed by atoms with Crippen molar-refractivity contribution in [3.8, 4) is 21.7 Å². The molecule has 5 aromatic rings. The summed E-state index contributed by atoms with van der Waals surface area (Å²) in [4.78, 5) is 22.4. The standard InChI is InChI=1S/C33H36ClN5O3S/c1-19-17-24-29(27(20-7-10-22(34)11-8-20)26(19)28(32(40)41)42-33(2,3)4)43-31(35-24)21-9-12-23-25(18-21)38(6)36-30(23)39-15-13-37(5)14-16-39/h7-12,17-18,28H,13-16H2,1-6H3,(H,40,41)/t28-/m0/s1. The molecule has 0 aliphatic carbocycles. The minimum atomic E-state index is -1.15. The molecule has 1 atom stereocenters. The van der Waals surface area contributed by atoms with Gasteiger partial charge < -0.3 is 19.6 Å². The number of anilines is 1. The van der Waals surface area contributed by atoms with Crippen LogP contribution in [0.5, 0.6) is 0 Å². The molecule has 1 aliphatic heterocycles. The first kappa shape index (κ1) is 29.6. The Labute approximate surface area is 260 Å². The zero-order valence-electron chi connectivity index (χ0n) is 25.3. The Balaban J connectivity index is 1.51. The third-order valence-corrected chi connectivity index (χ3v) is 9.29. The summed E-state index contributed by atoms with van der Waals surface area (Å²) in [6.45, 7) is 11.5. The van der Waals surface area contributed by atoms with Crippen molar-refractivity contribution in [1.29, 1.82) is 0 Å². The van der Waals surface area contributed by atoms with E-state index in [-0.39, 0.29) is 0 Å². The summed E-state index contributed by atoms with van der Waals surface area (Å²) in [7, 11) is 4.14. The lowest BCUT2D eigenvalue weighted by Gasteiger charge is -2.32. The first-order valence-electron chi connectivity index (χ1n) is 14.4. The van der Waals surface area contributed by atoms with Crippen LogP contribution in [0.25, 0.3) is 42.8 Å². The van der Waals surface area contributed by atoms with Crippen LogP contribution in [0.3, 0.4) is 0 Å². The van der Waals surface area contributed by atoms with Gasteiger partial charge in [-0.3, -0.25) is 4.68 Å². The van der Waals surface area contributed by atoms with E-state index in [1.54, 1.807) is 11.3 Å². The van der Waals surface area contributed by atoms with Crippen LogP contribution in [0.2, 0.25) is 5.02 Å². The van der Waals surface area contributed by atoms with Gasteiger partial charge in [-0.25, -0.2) is 9.78 Å². The molecular formula is C33H36ClN5O3S. The number of aromatic nitrogens is 3. The number of carbonyl (C=O) groups is 1. The highest BCUT2D eigenvalue weighted by Crippen LogP contribution is 2.45. The van der Waals surface area contributed by atoms with Crippen LogP contribution in [0, 0.1) is 6.92 Å². The number of thiazole rings is 1. The highest BCUT2D eigenvalue weighted by Gasteiger charge is 2.32. The average molecular weight is 618 g/mol. The number of likely N-dealkylation sites (N-methyl/N-ethyl adjacent to an activating group) is 1. The molecule has 3 heterocycles. The van der Waals surface area contributed by atoms with Crippen LogP contribution in [-0.2, 0) is 16.6 Å². The third-order valence-electron chi connectivity index (χ3n) is 7.90. The van der Waals surface area contributed by atoms with Crippen LogP contribution in [0.1, 0.15) is 38.0 Å². The van der Waals surface area contributed by atoms with Gasteiger partial charge in [0.1, 0.15) is 5.01 Å². The molecule has 3 aromatic carbocycles. The smallest absolute Gasteiger partial charge is 0.337 e. The molecule has 1 fully saturated rings. The third kappa shape index (κ3) is 5.74. The number of ether oxygens (including phenoxy) is 1. The van der Waals surface area contributed by atoms with Gasteiger partial charge in [0.2, 0.25) is 0 Å². The van der Waals surface area contributed by atoms with Gasteiger partial charge in [0.05, 0.1) is 21.3 Å². The van der Waals surface area contributed by atoms with E-state index in [2.05, 4.69) is 35.0 Å². The van der Waals surface area contributed by atoms with E-state index in [0.717, 1.165) is 80.4 Å². The fourth-order valence-corrected chi connectivity index (χ4v) is 7.03. The SMILES string of the molecule is Cc1cc2nc(-c3ccc4c(N5CCN(C)CC5)nn(C)c4c3)sc2c(-c2ccc(Cl)cc2)c1[C@H](OC(C)(C)C)C(=O)O. The summed E-state index contributed by atoms with van der Waals surface area (Å²) in [5.74, 6) is -0.0135. The molecule has 6 rings (SSSR count). The summed E-state index contributed by atoms with van der Waals surface area (Å²) in [5, 5.41) is 17.8. The summed E-state index contributed by atoms with van der Waals surface area (Å²) >= 11 is 7.81. The number of benzene rings is 3. The van der Waals surface area contributed by atoms with Gasteiger partial charge in [-0.2, -0.15) is 5.10 Å². The maximum Gasteiger partial charge on any atom is 0.337 e. The molecule has 43 heavy (non-hydrogen) atoms. The van der Waals surface area contributed by atoms with E-state index in [4.69, 9.17) is 26.4 Å². The first-order chi connectivity index (χ1) is 20.4. The minimum absolute atomic E-state index is 0.611. The molecule has 1 aliphatic rings. The summed E-state index contributed by atoms with van der Waals surface area (Å²) in [6, 6.07) is 15.9. The Morgan fingerprint density at radius 2 is 1.70 bits per heavy atom. The number of carboxylic acid groups (broad SMARTS) is 1. The Hall–Kier alpha value is -3.50. The van der Waals surface area contributed by atoms with E-state index in [0.29, 0.717) is 10.6 Å². The molecule has 0 amide bonds. The van der Waals surface area contributed by atoms with E-state index >= 15 is 0 Å². The second-order valence-electron chi connectivity index (χ2n) is 12.3. The molecule has 0 spiro atoms. The van der Waals surface area contributed by atoms with Gasteiger partial charge in [0.25, 0.3) is 0 Å². The molecule has 0 bridgehead atoms. The number of aliphatic carboxylic acids is 1. The average Bonchev–Trinajstić information content (AvgIpc) is 3.52. The number of rotatable bonds is 6. The van der Waals surface area contributed by atoms with Crippen molar-refractivity contribution in [3.05, 3.63) is 64.7 Å². The second kappa shape index (κ2) is 11.2. The number of halogens is 1. The number of fused-ring (bicyclic) bond motifs is 2. The maximum atomic E-state index is 12.6. The second-order valence-corrected chi connectivity index (χ2v) is 13.7. The van der Waals surface area contributed by atoms with Gasteiger partial charge >= 0.3 is 5.97 Å². The van der Waals surface area contributed by atoms with E-state index < -0.39 is 17.7 Å². The van der Waals surface area contributed by atoms with Gasteiger partial charge in [-0.1, -0.05) is 29.8 Å². The molecule has 224 valence electrons. The molecule has 2 aromatic heterocycles. The van der Waals surface area contributed by atoms with Crippen molar-refractivity contribution >= 4 is 55.8 Å². The Morgan fingerprint density at radius 1 is 1.02 bits per heavy atom. The summed E-state index contributed by atoms with van der Waals surface area (Å²) < 4.78 is 9.01. The van der Waals surface area contributed by atoms with Gasteiger partial charge in [-0.15, -0.1) is 11.3 Å². The molecule has 8 nitrogen and oxygen atoms in total. The number of aryl methyl sites for hydroxylation is 2. The van der Waals surface area contributed by atoms with Crippen LogP contribution < -0.4 is 4.90 Å². The molecule has 0 saturated carbocycles. The van der Waals surface area contributed by atoms with Crippen molar-refractivity contribution in [1.82, 2.24) is 19.7 Å². The number of carboxylic acids is 1. The van der Waals surface area contributed by atoms with E-state index in [1.807, 2.05) is 69.8 Å². The van der Waals surface area contributed by atoms with Crippen molar-refractivity contribution in [3.63, 3.8) is 0 Å². The largest absolute Gasteiger partial charge is 0.479 e. The van der Waals surface area contributed by atoms with Crippen molar-refractivity contribution < 1.29 is 14.6 Å². The number of piperazine rings is 1. The Bertz CT molecular complexity index is 1830. The fourth-order valence-electron chi connectivity index (χ4n) is 5.79. The topological polar surface area (TPSA) is 83.7 Å². The number of nitrogens with zero attached hydrogens (tertiary/aromatic N) is 5. The predicted octanol–water partition coefficient (Wildman–Crippen LogP) is 7.17. The molecule has 0 radical (unpaired) electrons. The quantitative estimate of drug-likeness (QED) is 0.216. The zero-order chi connectivity index (χ0) is 30.6. The normalized spacial score (nSPS) is 15.5. The maximum absolute atomic E-state index is 12.6. The summed E-state index contributed by atoms with van der Waals surface area (Å²) in [5.41, 5.74) is 5.30. The van der Waals surface area contributed by atoms with Crippen molar-refractivity contribution in [2.24, 2.45) is 7.05 Å². The van der Waals surface area contributed by atoms with Crippen LogP contribution >= 0.6 is 22.9 Å². The van der Waals surface area contributed by atoms with Crippen molar-refractivity contribution in [2.45, 2.75) is 39.4 Å². The van der Waals surface area contributed by atoms with E-state index in [9.17, 15) is 9.90 Å². The van der Waals surface area contributed by atoms with Crippen LogP contribution in [0.15, 0.2) is 48.5 Å². The molecule has 10 heteroatoms. The Kier molecular flexibility index (Phi) is 7.71. The lowest BCUT2D eigenvalue weighted by Crippen LogP contribution is -2.44. The predicted molar refractivity (Wildman–Crippen MR) is 175 cm³/mol. The molecule has 0 unspecified atom stereocenters. The number of hydrogen-bond donors (Lipinski definition) is 1. The molecule has 1 saturated heterocycles. The van der Waals surface area contributed by atoms with Crippen LogP contribution in [-0.4, -0.2) is 69.6 Å². The zero-order valence-corrected chi connectivity index (χ0v) is 26.9. The highest BCUT2D eigenvalue weighted by atomic mass is 35.5. The van der Waals surface area contributed by atoms with Crippen molar-refractivity contribution in [2.75, 3.05) is 38.1 Å². The minimum Gasteiger partial charge on any atom is -0.479 e. The van der Waals surface area contributed by atoms with Gasteiger partial charge in [0, 0.05) is 60.3 Å². The molecule has 1 N–H and O–H groups in total. The first-order valence-corrected chi connectivity index (χ1v) is 15.6. The lowest BCUT2D eigenvalue weighted by molar-refractivity contribution is -0.160. The highest BCUT2D eigenvalue weighted by molar-refractivity contribution is 7.22. The number of hydrogen-bond acceptors (Lipinski definition) is 7. The summed E-state index contributed by atoms with van der Waals surface area (Å²) in [6.07, 6.45) is -1.15. The Morgan fingerprint density at radius 3 is 2.35 bits per heavy atom. The monoisotopic (exact) mass is 617 g/mol.